The van der Waals surface area contributed by atoms with Crippen molar-refractivity contribution in [2.45, 2.75) is 71.4 Å². The van der Waals surface area contributed by atoms with Gasteiger partial charge in [0.05, 0.1) is 7.11 Å². The maximum Gasteiger partial charge on any atom is 0.411 e. The van der Waals surface area contributed by atoms with Gasteiger partial charge in [-0.15, -0.1) is 0 Å². The zero-order chi connectivity index (χ0) is 20.2. The molecule has 1 aliphatic heterocycles. The fraction of sp³-hybridized carbons (Fsp3) is 0.636. The summed E-state index contributed by atoms with van der Waals surface area (Å²) < 4.78 is 10.4. The van der Waals surface area contributed by atoms with Gasteiger partial charge in [-0.3, -0.25) is 4.90 Å². The number of hydrogen-bond acceptors (Lipinski definition) is 4. The number of hydrogen-bond donors (Lipinski definition) is 0. The Hall–Kier alpha value is -2.04. The molecule has 0 saturated carbocycles. The number of likely N-dealkylation sites (tertiary alicyclic amines) is 1. The molecule has 2 rings (SSSR count). The lowest BCUT2D eigenvalue weighted by atomic mass is 9.95. The Morgan fingerprint density at radius 2 is 1.81 bits per heavy atom. The lowest BCUT2D eigenvalue weighted by Gasteiger charge is -2.27. The topological polar surface area (TPSA) is 55.8 Å². The summed E-state index contributed by atoms with van der Waals surface area (Å²) in [5.41, 5.74) is 2.03. The Balaban J connectivity index is 1.99. The number of amides is 1. The number of nitrogens with zero attached hydrogens (tertiary/aromatic N) is 1. The minimum atomic E-state index is -0.589. The number of carbonyl (C=O) groups excluding carboxylic acids is 2. The van der Waals surface area contributed by atoms with Crippen molar-refractivity contribution in [3.63, 3.8) is 0 Å². The Kier molecular flexibility index (Phi) is 6.90. The van der Waals surface area contributed by atoms with E-state index in [0.717, 1.165) is 12.8 Å². The molecule has 0 aromatic heterocycles. The van der Waals surface area contributed by atoms with Gasteiger partial charge in [0, 0.05) is 6.54 Å². The molecule has 5 nitrogen and oxygen atoms in total. The molecule has 0 spiro atoms. The summed E-state index contributed by atoms with van der Waals surface area (Å²) in [5.74, 6) is 0.410. The first-order valence-electron chi connectivity index (χ1n) is 9.77. The lowest BCUT2D eigenvalue weighted by Crippen LogP contribution is -2.43. The SMILES string of the molecule is COC(=O)[C@@H]1C[C@@H](CCc2ccc(C(C)C)cc2)CN1C(=O)OC(C)(C)C. The highest BCUT2D eigenvalue weighted by Gasteiger charge is 2.41. The number of benzene rings is 1. The second kappa shape index (κ2) is 8.77. The second-order valence-electron chi connectivity index (χ2n) is 8.71. The van der Waals surface area contributed by atoms with Gasteiger partial charge in [-0.2, -0.15) is 0 Å². The van der Waals surface area contributed by atoms with Crippen LogP contribution in [0.5, 0.6) is 0 Å². The third kappa shape index (κ3) is 5.98. The van der Waals surface area contributed by atoms with Crippen molar-refractivity contribution in [2.75, 3.05) is 13.7 Å². The number of rotatable bonds is 5. The summed E-state index contributed by atoms with van der Waals surface area (Å²) >= 11 is 0. The maximum atomic E-state index is 12.5. The molecule has 1 aliphatic rings. The van der Waals surface area contributed by atoms with Crippen molar-refractivity contribution in [1.29, 1.82) is 0 Å². The van der Waals surface area contributed by atoms with E-state index in [0.29, 0.717) is 18.9 Å². The van der Waals surface area contributed by atoms with Crippen LogP contribution in [-0.2, 0) is 20.7 Å². The fourth-order valence-corrected chi connectivity index (χ4v) is 3.45. The zero-order valence-corrected chi connectivity index (χ0v) is 17.5. The molecule has 27 heavy (non-hydrogen) atoms. The summed E-state index contributed by atoms with van der Waals surface area (Å²) in [6.45, 7) is 10.4. The number of esters is 1. The summed E-state index contributed by atoms with van der Waals surface area (Å²) in [6.07, 6.45) is 2.03. The molecule has 0 radical (unpaired) electrons. The van der Waals surface area contributed by atoms with E-state index in [1.807, 2.05) is 20.8 Å². The monoisotopic (exact) mass is 375 g/mol. The molecule has 1 saturated heterocycles. The summed E-state index contributed by atoms with van der Waals surface area (Å²) in [6, 6.07) is 8.15. The molecule has 150 valence electrons. The number of aryl methyl sites for hydroxylation is 1. The van der Waals surface area contributed by atoms with Crippen molar-refractivity contribution in [3.8, 4) is 0 Å². The van der Waals surface area contributed by atoms with Gasteiger partial charge in [-0.25, -0.2) is 9.59 Å². The first kappa shape index (κ1) is 21.3. The highest BCUT2D eigenvalue weighted by molar-refractivity contribution is 5.82. The van der Waals surface area contributed by atoms with Gasteiger partial charge < -0.3 is 9.47 Å². The van der Waals surface area contributed by atoms with Gasteiger partial charge in [0.25, 0.3) is 0 Å². The van der Waals surface area contributed by atoms with Crippen molar-refractivity contribution < 1.29 is 19.1 Å². The number of carbonyl (C=O) groups is 2. The van der Waals surface area contributed by atoms with Crippen LogP contribution in [0.2, 0.25) is 0 Å². The van der Waals surface area contributed by atoms with E-state index >= 15 is 0 Å². The first-order valence-corrected chi connectivity index (χ1v) is 9.77. The van der Waals surface area contributed by atoms with Crippen LogP contribution in [0.3, 0.4) is 0 Å². The van der Waals surface area contributed by atoms with Crippen LogP contribution in [0.25, 0.3) is 0 Å². The maximum absolute atomic E-state index is 12.5. The van der Waals surface area contributed by atoms with Crippen LogP contribution in [0.4, 0.5) is 4.79 Å². The minimum absolute atomic E-state index is 0.256. The Morgan fingerprint density at radius 3 is 2.33 bits per heavy atom. The summed E-state index contributed by atoms with van der Waals surface area (Å²) in [5, 5.41) is 0. The Bertz CT molecular complexity index is 645. The minimum Gasteiger partial charge on any atom is -0.467 e. The first-order chi connectivity index (χ1) is 12.6. The van der Waals surface area contributed by atoms with E-state index in [2.05, 4.69) is 38.1 Å². The van der Waals surface area contributed by atoms with Gasteiger partial charge >= 0.3 is 12.1 Å². The fourth-order valence-electron chi connectivity index (χ4n) is 3.45. The smallest absolute Gasteiger partial charge is 0.411 e. The summed E-state index contributed by atoms with van der Waals surface area (Å²) in [4.78, 5) is 26.2. The van der Waals surface area contributed by atoms with Crippen LogP contribution in [-0.4, -0.2) is 42.3 Å². The van der Waals surface area contributed by atoms with Gasteiger partial charge in [-0.1, -0.05) is 38.1 Å². The van der Waals surface area contributed by atoms with Gasteiger partial charge in [-0.05, 0) is 63.0 Å². The van der Waals surface area contributed by atoms with Crippen molar-refractivity contribution in [2.24, 2.45) is 5.92 Å². The van der Waals surface area contributed by atoms with E-state index in [4.69, 9.17) is 9.47 Å². The van der Waals surface area contributed by atoms with Crippen molar-refractivity contribution >= 4 is 12.1 Å². The van der Waals surface area contributed by atoms with E-state index in [9.17, 15) is 9.59 Å². The van der Waals surface area contributed by atoms with Gasteiger partial charge in [0.1, 0.15) is 11.6 Å². The van der Waals surface area contributed by atoms with E-state index in [1.54, 1.807) is 0 Å². The molecule has 1 fully saturated rings. The molecule has 0 unspecified atom stereocenters. The molecular formula is C22H33NO4. The average molecular weight is 376 g/mol. The second-order valence-corrected chi connectivity index (χ2v) is 8.71. The molecule has 0 bridgehead atoms. The van der Waals surface area contributed by atoms with E-state index in [1.165, 1.54) is 23.1 Å². The average Bonchev–Trinajstić information content (AvgIpc) is 3.02. The van der Waals surface area contributed by atoms with Crippen LogP contribution in [0, 0.1) is 5.92 Å². The van der Waals surface area contributed by atoms with Crippen LogP contribution >= 0.6 is 0 Å². The Morgan fingerprint density at radius 1 is 1.19 bits per heavy atom. The van der Waals surface area contributed by atoms with Gasteiger partial charge in [0.2, 0.25) is 0 Å². The molecule has 1 aromatic carbocycles. The molecule has 0 N–H and O–H groups in total. The zero-order valence-electron chi connectivity index (χ0n) is 17.5. The predicted molar refractivity (Wildman–Crippen MR) is 106 cm³/mol. The number of ether oxygens (including phenoxy) is 2. The Labute approximate surface area is 163 Å². The number of methoxy groups -OCH3 is 1. The molecular weight excluding hydrogens is 342 g/mol. The van der Waals surface area contributed by atoms with Gasteiger partial charge in [0.15, 0.2) is 0 Å². The van der Waals surface area contributed by atoms with Crippen LogP contribution in [0.1, 0.15) is 64.5 Å². The van der Waals surface area contributed by atoms with Crippen LogP contribution in [0.15, 0.2) is 24.3 Å². The molecule has 0 aliphatic carbocycles. The molecule has 1 aromatic rings. The standard InChI is InChI=1S/C22H33NO4/c1-15(2)18-11-9-16(10-12-18)7-8-17-13-19(20(24)26-6)23(14-17)21(25)27-22(3,4)5/h9-12,15,17,19H,7-8,13-14H2,1-6H3/t17-,19+/m1/s1. The van der Waals surface area contributed by atoms with E-state index < -0.39 is 17.7 Å². The largest absolute Gasteiger partial charge is 0.467 e. The third-order valence-electron chi connectivity index (χ3n) is 4.98. The highest BCUT2D eigenvalue weighted by atomic mass is 16.6. The highest BCUT2D eigenvalue weighted by Crippen LogP contribution is 2.29. The quantitative estimate of drug-likeness (QED) is 0.709. The van der Waals surface area contributed by atoms with E-state index in [-0.39, 0.29) is 11.9 Å². The molecule has 5 heteroatoms. The van der Waals surface area contributed by atoms with Crippen LogP contribution < -0.4 is 0 Å². The van der Waals surface area contributed by atoms with Crippen molar-refractivity contribution in [3.05, 3.63) is 35.4 Å². The molecule has 1 amide bonds. The van der Waals surface area contributed by atoms with Crippen molar-refractivity contribution in [1.82, 2.24) is 4.90 Å². The lowest BCUT2D eigenvalue weighted by molar-refractivity contribution is -0.145. The molecule has 1 heterocycles. The summed E-state index contributed by atoms with van der Waals surface area (Å²) in [7, 11) is 1.36. The normalized spacial score (nSPS) is 20.0. The predicted octanol–water partition coefficient (Wildman–Crippen LogP) is 4.54. The molecule has 2 atom stereocenters. The third-order valence-corrected chi connectivity index (χ3v) is 4.98.